The van der Waals surface area contributed by atoms with Gasteiger partial charge in [0.15, 0.2) is 0 Å². The lowest BCUT2D eigenvalue weighted by atomic mass is 10.2. The van der Waals surface area contributed by atoms with Gasteiger partial charge >= 0.3 is 0 Å². The van der Waals surface area contributed by atoms with Gasteiger partial charge in [-0.15, -0.1) is 0 Å². The van der Waals surface area contributed by atoms with Crippen molar-refractivity contribution in [3.05, 3.63) is 45.1 Å². The van der Waals surface area contributed by atoms with E-state index in [9.17, 15) is 0 Å². The van der Waals surface area contributed by atoms with Gasteiger partial charge in [-0.2, -0.15) is 5.26 Å². The summed E-state index contributed by atoms with van der Waals surface area (Å²) in [5.74, 6) is 0.497. The molecule has 92 valence electrons. The maximum Gasteiger partial charge on any atom is 0.126 e. The van der Waals surface area contributed by atoms with Crippen molar-refractivity contribution in [2.75, 3.05) is 5.73 Å². The van der Waals surface area contributed by atoms with E-state index in [0.29, 0.717) is 11.4 Å². The van der Waals surface area contributed by atoms with Crippen molar-refractivity contribution >= 4 is 21.7 Å². The molecule has 0 unspecified atom stereocenters. The molecule has 4 heteroatoms. The van der Waals surface area contributed by atoms with E-state index in [0.717, 1.165) is 21.4 Å². The van der Waals surface area contributed by atoms with Crippen molar-refractivity contribution in [1.82, 2.24) is 4.57 Å². The van der Waals surface area contributed by atoms with Crippen LogP contribution < -0.4 is 5.73 Å². The first-order chi connectivity index (χ1) is 8.47. The summed E-state index contributed by atoms with van der Waals surface area (Å²) >= 11 is 3.55. The lowest BCUT2D eigenvalue weighted by Crippen LogP contribution is -2.03. The molecule has 2 N–H and O–H groups in total. The highest BCUT2D eigenvalue weighted by molar-refractivity contribution is 9.10. The summed E-state index contributed by atoms with van der Waals surface area (Å²) in [4.78, 5) is 0. The number of nitrogen functional groups attached to an aromatic ring is 1. The van der Waals surface area contributed by atoms with E-state index < -0.39 is 0 Å². The number of rotatable bonds is 1. The van der Waals surface area contributed by atoms with Crippen LogP contribution in [0, 0.1) is 32.1 Å². The van der Waals surface area contributed by atoms with Crippen LogP contribution in [-0.4, -0.2) is 4.57 Å². The number of aromatic nitrogens is 1. The molecule has 0 spiro atoms. The number of halogens is 1. The van der Waals surface area contributed by atoms with Crippen LogP contribution in [0.5, 0.6) is 0 Å². The number of anilines is 1. The molecule has 18 heavy (non-hydrogen) atoms. The van der Waals surface area contributed by atoms with Crippen molar-refractivity contribution in [2.45, 2.75) is 20.8 Å². The van der Waals surface area contributed by atoms with E-state index in [1.54, 1.807) is 0 Å². The van der Waals surface area contributed by atoms with Gasteiger partial charge in [0.25, 0.3) is 0 Å². The molecule has 1 aromatic carbocycles. The van der Waals surface area contributed by atoms with Gasteiger partial charge in [-0.25, -0.2) is 0 Å². The smallest absolute Gasteiger partial charge is 0.126 e. The number of benzene rings is 1. The van der Waals surface area contributed by atoms with Crippen LogP contribution in [0.4, 0.5) is 5.82 Å². The van der Waals surface area contributed by atoms with Gasteiger partial charge < -0.3 is 5.73 Å². The fraction of sp³-hybridized carbons (Fsp3) is 0.214. The van der Waals surface area contributed by atoms with Crippen LogP contribution in [0.3, 0.4) is 0 Å². The summed E-state index contributed by atoms with van der Waals surface area (Å²) < 4.78 is 2.88. The number of nitrogens with two attached hydrogens (primary N) is 1. The number of aryl methyl sites for hydroxylation is 1. The van der Waals surface area contributed by atoms with E-state index in [1.807, 2.05) is 43.5 Å². The first-order valence-corrected chi connectivity index (χ1v) is 6.40. The molecule has 0 atom stereocenters. The van der Waals surface area contributed by atoms with Crippen molar-refractivity contribution < 1.29 is 0 Å². The molecule has 0 amide bonds. The van der Waals surface area contributed by atoms with Crippen LogP contribution in [0.1, 0.15) is 22.4 Å². The third-order valence-corrected chi connectivity index (χ3v) is 3.84. The summed E-state index contributed by atoms with van der Waals surface area (Å²) in [6.07, 6.45) is 0. The average Bonchev–Trinajstić information content (AvgIpc) is 2.52. The number of hydrogen-bond acceptors (Lipinski definition) is 2. The molecular formula is C14H14BrN3. The summed E-state index contributed by atoms with van der Waals surface area (Å²) in [6.45, 7) is 5.92. The van der Waals surface area contributed by atoms with Crippen LogP contribution in [0.25, 0.3) is 5.69 Å². The second-order valence-corrected chi connectivity index (χ2v) is 5.23. The zero-order chi connectivity index (χ0) is 13.4. The molecule has 0 aliphatic carbocycles. The van der Waals surface area contributed by atoms with Gasteiger partial charge in [0.1, 0.15) is 11.9 Å². The molecule has 0 bridgehead atoms. The highest BCUT2D eigenvalue weighted by Crippen LogP contribution is 2.31. The Labute approximate surface area is 115 Å². The molecular weight excluding hydrogens is 290 g/mol. The molecule has 1 aromatic heterocycles. The lowest BCUT2D eigenvalue weighted by molar-refractivity contribution is 1.01. The molecule has 0 radical (unpaired) electrons. The Morgan fingerprint density at radius 3 is 2.44 bits per heavy atom. The molecule has 2 aromatic rings. The van der Waals surface area contributed by atoms with Crippen molar-refractivity contribution in [1.29, 1.82) is 5.26 Å². The zero-order valence-corrected chi connectivity index (χ0v) is 12.2. The maximum atomic E-state index is 9.14. The SMILES string of the molecule is Cc1ccc(-n2c(C)c(C)c(C#N)c2N)c(Br)c1. The van der Waals surface area contributed by atoms with Gasteiger partial charge in [0, 0.05) is 10.2 Å². The van der Waals surface area contributed by atoms with Gasteiger partial charge in [0.05, 0.1) is 11.3 Å². The first kappa shape index (κ1) is 12.7. The van der Waals surface area contributed by atoms with Crippen LogP contribution in [-0.2, 0) is 0 Å². The molecule has 2 rings (SSSR count). The second-order valence-electron chi connectivity index (χ2n) is 4.37. The minimum absolute atomic E-state index is 0.497. The highest BCUT2D eigenvalue weighted by atomic mass is 79.9. The summed E-state index contributed by atoms with van der Waals surface area (Å²) in [5, 5.41) is 9.14. The molecule has 0 fully saturated rings. The molecule has 0 saturated carbocycles. The quantitative estimate of drug-likeness (QED) is 0.875. The molecule has 3 nitrogen and oxygen atoms in total. The van der Waals surface area contributed by atoms with E-state index in [2.05, 4.69) is 22.0 Å². The van der Waals surface area contributed by atoms with Crippen LogP contribution in [0.15, 0.2) is 22.7 Å². The Hall–Kier alpha value is -1.73. The monoisotopic (exact) mass is 303 g/mol. The molecule has 0 saturated heterocycles. The predicted octanol–water partition coefficient (Wildman–Crippen LogP) is 3.62. The first-order valence-electron chi connectivity index (χ1n) is 5.61. The van der Waals surface area contributed by atoms with E-state index in [-0.39, 0.29) is 0 Å². The van der Waals surface area contributed by atoms with Crippen molar-refractivity contribution in [2.24, 2.45) is 0 Å². The van der Waals surface area contributed by atoms with Crippen molar-refractivity contribution in [3.8, 4) is 11.8 Å². The zero-order valence-electron chi connectivity index (χ0n) is 10.6. The fourth-order valence-corrected chi connectivity index (χ4v) is 2.75. The summed E-state index contributed by atoms with van der Waals surface area (Å²) in [5.41, 5.74) is 10.7. The maximum absolute atomic E-state index is 9.14. The Bertz CT molecular complexity index is 663. The minimum Gasteiger partial charge on any atom is -0.384 e. The Kier molecular flexibility index (Phi) is 3.18. The van der Waals surface area contributed by atoms with Crippen LogP contribution >= 0.6 is 15.9 Å². The van der Waals surface area contributed by atoms with E-state index in [1.165, 1.54) is 5.56 Å². The van der Waals surface area contributed by atoms with E-state index >= 15 is 0 Å². The highest BCUT2D eigenvalue weighted by Gasteiger charge is 2.17. The third-order valence-electron chi connectivity index (χ3n) is 3.21. The van der Waals surface area contributed by atoms with Gasteiger partial charge in [-0.3, -0.25) is 4.57 Å². The number of nitrogens with zero attached hydrogens (tertiary/aromatic N) is 2. The Balaban J connectivity index is 2.77. The Morgan fingerprint density at radius 2 is 1.94 bits per heavy atom. The molecule has 0 aliphatic rings. The lowest BCUT2D eigenvalue weighted by Gasteiger charge is -2.12. The minimum atomic E-state index is 0.497. The predicted molar refractivity (Wildman–Crippen MR) is 76.8 cm³/mol. The van der Waals surface area contributed by atoms with Crippen molar-refractivity contribution in [3.63, 3.8) is 0 Å². The standard InChI is InChI=1S/C14H14BrN3/c1-8-4-5-13(12(15)6-8)18-10(3)9(2)11(7-16)14(18)17/h4-6H,17H2,1-3H3. The molecule has 1 heterocycles. The number of hydrogen-bond donors (Lipinski definition) is 1. The largest absolute Gasteiger partial charge is 0.384 e. The average molecular weight is 304 g/mol. The fourth-order valence-electron chi connectivity index (χ4n) is 2.08. The summed E-state index contributed by atoms with van der Waals surface area (Å²) in [6, 6.07) is 8.23. The summed E-state index contributed by atoms with van der Waals surface area (Å²) in [7, 11) is 0. The Morgan fingerprint density at radius 1 is 1.28 bits per heavy atom. The van der Waals surface area contributed by atoms with Crippen LogP contribution in [0.2, 0.25) is 0 Å². The normalized spacial score (nSPS) is 10.4. The second kappa shape index (κ2) is 4.51. The third kappa shape index (κ3) is 1.81. The van der Waals surface area contributed by atoms with E-state index in [4.69, 9.17) is 11.0 Å². The van der Waals surface area contributed by atoms with Gasteiger partial charge in [0.2, 0.25) is 0 Å². The number of nitriles is 1. The molecule has 0 aliphatic heterocycles. The van der Waals surface area contributed by atoms with Gasteiger partial charge in [-0.05, 0) is 60.0 Å². The topological polar surface area (TPSA) is 54.7 Å². The van der Waals surface area contributed by atoms with Gasteiger partial charge in [-0.1, -0.05) is 6.07 Å².